The number of amides is 1. The van der Waals surface area contributed by atoms with Crippen molar-refractivity contribution in [3.05, 3.63) is 23.6 Å². The number of pyridine rings is 1. The fourth-order valence-electron chi connectivity index (χ4n) is 1.33. The van der Waals surface area contributed by atoms with Crippen LogP contribution in [0, 0.1) is 5.82 Å². The van der Waals surface area contributed by atoms with Crippen LogP contribution >= 0.6 is 0 Å². The number of nitrogen functional groups attached to an aromatic ring is 1. The Morgan fingerprint density at radius 3 is 2.94 bits per heavy atom. The molecule has 0 saturated carbocycles. The summed E-state index contributed by atoms with van der Waals surface area (Å²) < 4.78 is 13.7. The van der Waals surface area contributed by atoms with Crippen LogP contribution in [0.1, 0.15) is 17.3 Å². The minimum Gasteiger partial charge on any atom is -0.351 e. The van der Waals surface area contributed by atoms with Gasteiger partial charge < -0.3 is 15.6 Å². The third kappa shape index (κ3) is 3.64. The number of nitrogens with two attached hydrogens (primary N) is 1. The lowest BCUT2D eigenvalue weighted by Gasteiger charge is -2.14. The fraction of sp³-hybridized carbons (Fsp3) is 0.455. The summed E-state index contributed by atoms with van der Waals surface area (Å²) in [6, 6.07) is 1.31. The van der Waals surface area contributed by atoms with E-state index in [9.17, 15) is 9.18 Å². The molecule has 0 aliphatic carbocycles. The van der Waals surface area contributed by atoms with Gasteiger partial charge in [0.1, 0.15) is 0 Å². The molecule has 4 N–H and O–H groups in total. The first kappa shape index (κ1) is 14.3. The number of hydrogen-bond donors (Lipinski definition) is 3. The van der Waals surface area contributed by atoms with Gasteiger partial charge in [0.2, 0.25) is 0 Å². The van der Waals surface area contributed by atoms with E-state index in [1.807, 2.05) is 18.9 Å². The monoisotopic (exact) mass is 255 g/mol. The minimum absolute atomic E-state index is 0.0721. The molecule has 0 atom stereocenters. The lowest BCUT2D eigenvalue weighted by Crippen LogP contribution is -2.33. The van der Waals surface area contributed by atoms with Gasteiger partial charge in [-0.15, -0.1) is 0 Å². The van der Waals surface area contributed by atoms with Gasteiger partial charge in [-0.1, -0.05) is 6.92 Å². The van der Waals surface area contributed by atoms with Crippen molar-refractivity contribution in [2.45, 2.75) is 6.92 Å². The summed E-state index contributed by atoms with van der Waals surface area (Å²) in [6.07, 6.45) is 1.32. The van der Waals surface area contributed by atoms with E-state index in [1.54, 1.807) is 0 Å². The fourth-order valence-corrected chi connectivity index (χ4v) is 1.33. The molecule has 0 spiro atoms. The molecule has 0 aromatic carbocycles. The van der Waals surface area contributed by atoms with E-state index in [-0.39, 0.29) is 11.4 Å². The maximum atomic E-state index is 13.7. The van der Waals surface area contributed by atoms with Crippen LogP contribution in [0.15, 0.2) is 12.3 Å². The van der Waals surface area contributed by atoms with Crippen LogP contribution < -0.4 is 16.6 Å². The molecule has 1 heterocycles. The van der Waals surface area contributed by atoms with Gasteiger partial charge in [-0.05, 0) is 19.7 Å². The van der Waals surface area contributed by atoms with E-state index in [0.717, 1.165) is 6.54 Å². The molecule has 6 nitrogen and oxygen atoms in total. The van der Waals surface area contributed by atoms with Crippen LogP contribution in [0.25, 0.3) is 0 Å². The van der Waals surface area contributed by atoms with Crippen molar-refractivity contribution in [1.82, 2.24) is 15.2 Å². The van der Waals surface area contributed by atoms with Gasteiger partial charge >= 0.3 is 0 Å². The Kier molecular flexibility index (Phi) is 5.47. The molecule has 0 fully saturated rings. The second-order valence-electron chi connectivity index (χ2n) is 3.82. The molecular weight excluding hydrogens is 237 g/mol. The summed E-state index contributed by atoms with van der Waals surface area (Å²) in [5.41, 5.74) is 2.03. The van der Waals surface area contributed by atoms with Crippen LogP contribution in [0.2, 0.25) is 0 Å². The predicted molar refractivity (Wildman–Crippen MR) is 67.5 cm³/mol. The third-order valence-corrected chi connectivity index (χ3v) is 2.59. The molecule has 0 saturated heterocycles. The van der Waals surface area contributed by atoms with Gasteiger partial charge in [-0.25, -0.2) is 15.2 Å². The van der Waals surface area contributed by atoms with E-state index in [4.69, 9.17) is 5.84 Å². The molecular formula is C11H18FN5O. The summed E-state index contributed by atoms with van der Waals surface area (Å²) >= 11 is 0. The first-order valence-electron chi connectivity index (χ1n) is 5.68. The van der Waals surface area contributed by atoms with Gasteiger partial charge in [0.25, 0.3) is 5.91 Å². The topological polar surface area (TPSA) is 83.3 Å². The zero-order valence-corrected chi connectivity index (χ0v) is 10.5. The summed E-state index contributed by atoms with van der Waals surface area (Å²) in [5, 5.41) is 2.64. The summed E-state index contributed by atoms with van der Waals surface area (Å²) in [7, 11) is 1.94. The largest absolute Gasteiger partial charge is 0.351 e. The Morgan fingerprint density at radius 2 is 2.33 bits per heavy atom. The van der Waals surface area contributed by atoms with Crippen LogP contribution in [0.3, 0.4) is 0 Å². The minimum atomic E-state index is -0.749. The Labute approximate surface area is 105 Å². The number of hydrazine groups is 1. The number of aromatic nitrogens is 1. The molecule has 0 aliphatic heterocycles. The smallest absolute Gasteiger partial charge is 0.254 e. The highest BCUT2D eigenvalue weighted by Crippen LogP contribution is 2.13. The molecule has 1 rings (SSSR count). The molecule has 100 valence electrons. The Morgan fingerprint density at radius 1 is 1.61 bits per heavy atom. The van der Waals surface area contributed by atoms with E-state index in [0.29, 0.717) is 13.1 Å². The number of carbonyl (C=O) groups is 1. The molecule has 1 aromatic heterocycles. The predicted octanol–water partition coefficient (Wildman–Crippen LogP) is 0.188. The van der Waals surface area contributed by atoms with Crippen LogP contribution in [0.4, 0.5) is 10.2 Å². The molecule has 0 bridgehead atoms. The van der Waals surface area contributed by atoms with Crippen LogP contribution in [-0.2, 0) is 0 Å². The van der Waals surface area contributed by atoms with Crippen molar-refractivity contribution < 1.29 is 9.18 Å². The van der Waals surface area contributed by atoms with Gasteiger partial charge in [-0.3, -0.25) is 4.79 Å². The van der Waals surface area contributed by atoms with Crippen molar-refractivity contribution in [2.75, 3.05) is 32.1 Å². The Hall–Kier alpha value is -1.73. The van der Waals surface area contributed by atoms with E-state index < -0.39 is 11.7 Å². The number of nitrogens with one attached hydrogen (secondary N) is 2. The summed E-state index contributed by atoms with van der Waals surface area (Å²) in [6.45, 7) is 4.07. The maximum Gasteiger partial charge on any atom is 0.254 e. The highest BCUT2D eigenvalue weighted by atomic mass is 19.1. The first-order chi connectivity index (χ1) is 8.60. The standard InChI is InChI=1S/C11H18FN5O/c1-3-17(2)7-6-15-11(18)8-4-5-14-10(16-13)9(8)12/h4-5H,3,6-7,13H2,1-2H3,(H,14,16)(H,15,18). The number of hydrogen-bond acceptors (Lipinski definition) is 5. The normalized spacial score (nSPS) is 10.5. The number of carbonyl (C=O) groups excluding carboxylic acids is 1. The van der Waals surface area contributed by atoms with E-state index in [2.05, 4.69) is 15.7 Å². The third-order valence-electron chi connectivity index (χ3n) is 2.59. The van der Waals surface area contributed by atoms with E-state index >= 15 is 0 Å². The van der Waals surface area contributed by atoms with Crippen molar-refractivity contribution >= 4 is 11.7 Å². The highest BCUT2D eigenvalue weighted by Gasteiger charge is 2.15. The summed E-state index contributed by atoms with van der Waals surface area (Å²) in [4.78, 5) is 17.4. The number of rotatable bonds is 6. The van der Waals surface area contributed by atoms with Crippen molar-refractivity contribution in [1.29, 1.82) is 0 Å². The highest BCUT2D eigenvalue weighted by molar-refractivity contribution is 5.95. The molecule has 18 heavy (non-hydrogen) atoms. The second kappa shape index (κ2) is 6.87. The molecule has 0 radical (unpaired) electrons. The summed E-state index contributed by atoms with van der Waals surface area (Å²) in [5.74, 6) is 3.72. The molecule has 0 unspecified atom stereocenters. The second-order valence-corrected chi connectivity index (χ2v) is 3.82. The van der Waals surface area contributed by atoms with Crippen LogP contribution in [-0.4, -0.2) is 42.5 Å². The first-order valence-corrected chi connectivity index (χ1v) is 5.68. The number of likely N-dealkylation sites (N-methyl/N-ethyl adjacent to an activating group) is 1. The number of halogens is 1. The number of anilines is 1. The maximum absolute atomic E-state index is 13.7. The Balaban J connectivity index is 2.62. The molecule has 7 heteroatoms. The molecule has 0 aliphatic rings. The van der Waals surface area contributed by atoms with Crippen LogP contribution in [0.5, 0.6) is 0 Å². The quantitative estimate of drug-likeness (QED) is 0.499. The van der Waals surface area contributed by atoms with E-state index in [1.165, 1.54) is 12.3 Å². The van der Waals surface area contributed by atoms with Gasteiger partial charge in [-0.2, -0.15) is 0 Å². The molecule has 1 aromatic rings. The SMILES string of the molecule is CCN(C)CCNC(=O)c1ccnc(NN)c1F. The lowest BCUT2D eigenvalue weighted by atomic mass is 10.2. The Bertz CT molecular complexity index is 412. The lowest BCUT2D eigenvalue weighted by molar-refractivity contribution is 0.0946. The van der Waals surface area contributed by atoms with Crippen molar-refractivity contribution in [3.8, 4) is 0 Å². The number of nitrogens with zero attached hydrogens (tertiary/aromatic N) is 2. The van der Waals surface area contributed by atoms with Gasteiger partial charge in [0, 0.05) is 19.3 Å². The van der Waals surface area contributed by atoms with Crippen molar-refractivity contribution in [2.24, 2.45) is 5.84 Å². The van der Waals surface area contributed by atoms with Gasteiger partial charge in [0.15, 0.2) is 11.6 Å². The van der Waals surface area contributed by atoms with Gasteiger partial charge in [0.05, 0.1) is 5.56 Å². The van der Waals surface area contributed by atoms with Crippen molar-refractivity contribution in [3.63, 3.8) is 0 Å². The zero-order valence-electron chi connectivity index (χ0n) is 10.5. The molecule has 1 amide bonds. The zero-order chi connectivity index (χ0) is 13.5. The average molecular weight is 255 g/mol. The average Bonchev–Trinajstić information content (AvgIpc) is 2.38.